The predicted octanol–water partition coefficient (Wildman–Crippen LogP) is 4.01. The van der Waals surface area contributed by atoms with Gasteiger partial charge in [-0.2, -0.15) is 5.26 Å². The molecule has 1 atom stereocenters. The van der Waals surface area contributed by atoms with Gasteiger partial charge in [-0.25, -0.2) is 0 Å². The largest absolute Gasteiger partial charge is 0.490 e. The molecule has 1 saturated heterocycles. The Kier molecular flexibility index (Phi) is 7.79. The first-order valence-corrected chi connectivity index (χ1v) is 13.6. The second-order valence-corrected chi connectivity index (χ2v) is 10.6. The van der Waals surface area contributed by atoms with Crippen molar-refractivity contribution in [1.82, 2.24) is 20.4 Å². The van der Waals surface area contributed by atoms with Crippen LogP contribution in [0.1, 0.15) is 42.9 Å². The molecule has 0 saturated carbocycles. The van der Waals surface area contributed by atoms with Crippen LogP contribution in [0.4, 0.5) is 0 Å². The fourth-order valence-electron chi connectivity index (χ4n) is 4.99. The SMILES string of the molecule is CC(C)Oc1ccc(-c2nnc(-c3cccc4c3CC[C@@H]4CNCC(=O)N3CCOCC3)s2)cc1C#N. The zero-order chi connectivity index (χ0) is 25.8. The highest BCUT2D eigenvalue weighted by Gasteiger charge is 2.26. The van der Waals surface area contributed by atoms with Gasteiger partial charge in [-0.1, -0.05) is 29.5 Å². The molecule has 2 heterocycles. The summed E-state index contributed by atoms with van der Waals surface area (Å²) in [4.78, 5) is 14.3. The summed E-state index contributed by atoms with van der Waals surface area (Å²) in [7, 11) is 0. The third-order valence-electron chi connectivity index (χ3n) is 6.79. The molecule has 1 N–H and O–H groups in total. The zero-order valence-corrected chi connectivity index (χ0v) is 22.0. The average molecular weight is 518 g/mol. The highest BCUT2D eigenvalue weighted by atomic mass is 32.1. The molecule has 2 aromatic carbocycles. The third-order valence-corrected chi connectivity index (χ3v) is 7.80. The average Bonchev–Trinajstić information content (AvgIpc) is 3.57. The summed E-state index contributed by atoms with van der Waals surface area (Å²) in [5.41, 5.74) is 5.10. The lowest BCUT2D eigenvalue weighted by atomic mass is 9.98. The number of hydrogen-bond donors (Lipinski definition) is 1. The molecule has 192 valence electrons. The first-order valence-electron chi connectivity index (χ1n) is 12.8. The molecule has 1 amide bonds. The molecule has 0 unspecified atom stereocenters. The second kappa shape index (κ2) is 11.4. The lowest BCUT2D eigenvalue weighted by Crippen LogP contribution is -2.45. The minimum atomic E-state index is -0.00413. The van der Waals surface area contributed by atoms with Gasteiger partial charge >= 0.3 is 0 Å². The van der Waals surface area contributed by atoms with Gasteiger partial charge in [-0.3, -0.25) is 4.79 Å². The van der Waals surface area contributed by atoms with Crippen molar-refractivity contribution in [3.8, 4) is 33.0 Å². The van der Waals surface area contributed by atoms with Crippen molar-refractivity contribution in [3.63, 3.8) is 0 Å². The lowest BCUT2D eigenvalue weighted by molar-refractivity contribution is -0.134. The molecule has 1 aliphatic heterocycles. The summed E-state index contributed by atoms with van der Waals surface area (Å²) in [6.45, 7) is 7.60. The molecule has 2 aliphatic rings. The Morgan fingerprint density at radius 3 is 2.84 bits per heavy atom. The standard InChI is InChI=1S/C28H31N5O3S/c1-18(2)36-25-9-7-19(14-21(25)15-29)27-31-32-28(37-27)24-5-3-4-22-20(6-8-23(22)24)16-30-17-26(34)33-10-12-35-13-11-33/h3-5,7,9,14,18,20,30H,6,8,10-13,16-17H2,1-2H3/t20-/m1/s1. The fraction of sp³-hybridized carbons (Fsp3) is 0.429. The summed E-state index contributed by atoms with van der Waals surface area (Å²) in [6, 6.07) is 14.2. The number of nitrogens with one attached hydrogen (secondary N) is 1. The lowest BCUT2D eigenvalue weighted by Gasteiger charge is -2.27. The van der Waals surface area contributed by atoms with E-state index in [9.17, 15) is 10.1 Å². The minimum absolute atomic E-state index is 0.00413. The summed E-state index contributed by atoms with van der Waals surface area (Å²) in [5, 5.41) is 23.6. The highest BCUT2D eigenvalue weighted by molar-refractivity contribution is 7.17. The Morgan fingerprint density at radius 2 is 2.05 bits per heavy atom. The molecule has 0 spiro atoms. The molecular weight excluding hydrogens is 486 g/mol. The van der Waals surface area contributed by atoms with E-state index in [-0.39, 0.29) is 12.0 Å². The van der Waals surface area contributed by atoms with Gasteiger partial charge in [0, 0.05) is 30.8 Å². The van der Waals surface area contributed by atoms with Crippen molar-refractivity contribution in [2.45, 2.75) is 38.7 Å². The Morgan fingerprint density at radius 1 is 1.24 bits per heavy atom. The van der Waals surface area contributed by atoms with E-state index in [0.717, 1.165) is 40.5 Å². The van der Waals surface area contributed by atoms with Crippen molar-refractivity contribution in [2.24, 2.45) is 0 Å². The van der Waals surface area contributed by atoms with Crippen LogP contribution in [-0.4, -0.2) is 66.5 Å². The number of benzene rings is 2. The molecule has 5 rings (SSSR count). The van der Waals surface area contributed by atoms with E-state index in [2.05, 4.69) is 39.8 Å². The van der Waals surface area contributed by atoms with E-state index in [1.165, 1.54) is 22.5 Å². The molecule has 0 radical (unpaired) electrons. The molecular formula is C28H31N5O3S. The van der Waals surface area contributed by atoms with Gasteiger partial charge in [0.05, 0.1) is 31.4 Å². The number of ether oxygens (including phenoxy) is 2. The van der Waals surface area contributed by atoms with Crippen molar-refractivity contribution in [2.75, 3.05) is 39.4 Å². The quantitative estimate of drug-likeness (QED) is 0.482. The van der Waals surface area contributed by atoms with Gasteiger partial charge in [0.15, 0.2) is 0 Å². The second-order valence-electron chi connectivity index (χ2n) is 9.63. The topological polar surface area (TPSA) is 100 Å². The Labute approximate surface area is 221 Å². The molecule has 1 aliphatic carbocycles. The third kappa shape index (κ3) is 5.67. The number of rotatable bonds is 8. The molecule has 1 aromatic heterocycles. The van der Waals surface area contributed by atoms with E-state index in [4.69, 9.17) is 9.47 Å². The number of amides is 1. The van der Waals surface area contributed by atoms with Gasteiger partial charge in [0.2, 0.25) is 5.91 Å². The van der Waals surface area contributed by atoms with Crippen LogP contribution in [0.15, 0.2) is 36.4 Å². The van der Waals surface area contributed by atoms with E-state index in [0.29, 0.717) is 50.1 Å². The fourth-order valence-corrected chi connectivity index (χ4v) is 5.88. The Bertz CT molecular complexity index is 1310. The first kappa shape index (κ1) is 25.3. The van der Waals surface area contributed by atoms with Gasteiger partial charge < -0.3 is 19.7 Å². The van der Waals surface area contributed by atoms with Crippen molar-refractivity contribution >= 4 is 17.2 Å². The van der Waals surface area contributed by atoms with Crippen molar-refractivity contribution in [1.29, 1.82) is 5.26 Å². The normalized spacial score (nSPS) is 17.0. The van der Waals surface area contributed by atoms with Gasteiger partial charge in [0.1, 0.15) is 21.8 Å². The number of carbonyl (C=O) groups excluding carboxylic acids is 1. The smallest absolute Gasteiger partial charge is 0.236 e. The van der Waals surface area contributed by atoms with E-state index < -0.39 is 0 Å². The monoisotopic (exact) mass is 517 g/mol. The molecule has 9 heteroatoms. The van der Waals surface area contributed by atoms with Crippen LogP contribution in [0.25, 0.3) is 21.1 Å². The molecule has 8 nitrogen and oxygen atoms in total. The zero-order valence-electron chi connectivity index (χ0n) is 21.2. The van der Waals surface area contributed by atoms with Crippen molar-refractivity contribution in [3.05, 3.63) is 53.1 Å². The minimum Gasteiger partial charge on any atom is -0.490 e. The van der Waals surface area contributed by atoms with Crippen LogP contribution >= 0.6 is 11.3 Å². The molecule has 1 fully saturated rings. The Hall–Kier alpha value is -3.32. The van der Waals surface area contributed by atoms with Gasteiger partial charge in [-0.05, 0) is 61.9 Å². The maximum atomic E-state index is 12.5. The van der Waals surface area contributed by atoms with Crippen LogP contribution in [0.3, 0.4) is 0 Å². The van der Waals surface area contributed by atoms with Crippen molar-refractivity contribution < 1.29 is 14.3 Å². The van der Waals surface area contributed by atoms with Gasteiger partial charge in [0.25, 0.3) is 0 Å². The maximum Gasteiger partial charge on any atom is 0.236 e. The highest BCUT2D eigenvalue weighted by Crippen LogP contribution is 2.40. The molecule has 3 aromatic rings. The van der Waals surface area contributed by atoms with Crippen LogP contribution in [0.5, 0.6) is 5.75 Å². The van der Waals surface area contributed by atoms with E-state index in [1.807, 2.05) is 36.9 Å². The van der Waals surface area contributed by atoms with E-state index in [1.54, 1.807) is 0 Å². The van der Waals surface area contributed by atoms with Gasteiger partial charge in [-0.15, -0.1) is 10.2 Å². The maximum absolute atomic E-state index is 12.5. The van der Waals surface area contributed by atoms with Crippen LogP contribution in [0, 0.1) is 11.3 Å². The number of hydrogen-bond acceptors (Lipinski definition) is 8. The van der Waals surface area contributed by atoms with Crippen LogP contribution in [0.2, 0.25) is 0 Å². The number of aromatic nitrogens is 2. The molecule has 0 bridgehead atoms. The van der Waals surface area contributed by atoms with Crippen LogP contribution < -0.4 is 10.1 Å². The predicted molar refractivity (Wildman–Crippen MR) is 143 cm³/mol. The van der Waals surface area contributed by atoms with Crippen LogP contribution in [-0.2, 0) is 16.0 Å². The summed E-state index contributed by atoms with van der Waals surface area (Å²) < 4.78 is 11.1. The number of morpholine rings is 1. The molecule has 37 heavy (non-hydrogen) atoms. The number of fused-ring (bicyclic) bond motifs is 1. The number of carbonyl (C=O) groups is 1. The Balaban J connectivity index is 1.28. The first-order chi connectivity index (χ1) is 18.0. The number of nitriles is 1. The summed E-state index contributed by atoms with van der Waals surface area (Å²) >= 11 is 1.53. The summed E-state index contributed by atoms with van der Waals surface area (Å²) in [6.07, 6.45) is 2.01. The van der Waals surface area contributed by atoms with E-state index >= 15 is 0 Å². The summed E-state index contributed by atoms with van der Waals surface area (Å²) in [5.74, 6) is 1.09. The number of nitrogens with zero attached hydrogens (tertiary/aromatic N) is 4.